The molecule has 1 atom stereocenters. The molecule has 114 valence electrons. The summed E-state index contributed by atoms with van der Waals surface area (Å²) in [5, 5.41) is 3.81. The zero-order chi connectivity index (χ0) is 15.0. The molecule has 3 rings (SSSR count). The van der Waals surface area contributed by atoms with Gasteiger partial charge in [0.25, 0.3) is 5.91 Å². The first-order valence-electron chi connectivity index (χ1n) is 7.51. The molecule has 1 aromatic rings. The Morgan fingerprint density at radius 2 is 2.14 bits per heavy atom. The standard InChI is InChI=1S/C15H21N3O3/c1-11-9-12(16-21-11)14(20)18-8-4-7-15(10-18)6-3-5-13(19)17(15)2/h9H,3-8,10H2,1-2H3/t15-/m0/s1. The number of rotatable bonds is 1. The van der Waals surface area contributed by atoms with Crippen LogP contribution in [-0.4, -0.2) is 52.4 Å². The monoisotopic (exact) mass is 291 g/mol. The number of hydrogen-bond acceptors (Lipinski definition) is 4. The second-order valence-corrected chi connectivity index (χ2v) is 6.18. The fraction of sp³-hybridized carbons (Fsp3) is 0.667. The lowest BCUT2D eigenvalue weighted by Crippen LogP contribution is -2.61. The molecule has 0 aromatic carbocycles. The van der Waals surface area contributed by atoms with Gasteiger partial charge in [0.05, 0.1) is 5.54 Å². The zero-order valence-electron chi connectivity index (χ0n) is 12.6. The Morgan fingerprint density at radius 1 is 1.38 bits per heavy atom. The Hall–Kier alpha value is -1.85. The topological polar surface area (TPSA) is 66.7 Å². The highest BCUT2D eigenvalue weighted by molar-refractivity contribution is 5.92. The Kier molecular flexibility index (Phi) is 3.47. The molecule has 2 saturated heterocycles. The molecule has 2 aliphatic rings. The highest BCUT2D eigenvalue weighted by Gasteiger charge is 2.44. The summed E-state index contributed by atoms with van der Waals surface area (Å²) in [6.07, 6.45) is 4.39. The summed E-state index contributed by atoms with van der Waals surface area (Å²) in [5.74, 6) is 0.722. The van der Waals surface area contributed by atoms with Crippen molar-refractivity contribution in [3.63, 3.8) is 0 Å². The molecular weight excluding hydrogens is 270 g/mol. The average molecular weight is 291 g/mol. The van der Waals surface area contributed by atoms with Crippen molar-refractivity contribution in [2.75, 3.05) is 20.1 Å². The summed E-state index contributed by atoms with van der Waals surface area (Å²) >= 11 is 0. The van der Waals surface area contributed by atoms with E-state index in [-0.39, 0.29) is 17.4 Å². The maximum atomic E-state index is 12.5. The second kappa shape index (κ2) is 5.16. The van der Waals surface area contributed by atoms with Crippen LogP contribution in [0.25, 0.3) is 0 Å². The van der Waals surface area contributed by atoms with E-state index in [1.54, 1.807) is 13.0 Å². The molecule has 1 aromatic heterocycles. The van der Waals surface area contributed by atoms with Gasteiger partial charge in [0, 0.05) is 32.6 Å². The minimum Gasteiger partial charge on any atom is -0.361 e. The van der Waals surface area contributed by atoms with E-state index in [0.29, 0.717) is 31.0 Å². The molecule has 6 nitrogen and oxygen atoms in total. The molecule has 2 fully saturated rings. The van der Waals surface area contributed by atoms with Crippen LogP contribution >= 0.6 is 0 Å². The van der Waals surface area contributed by atoms with Crippen molar-refractivity contribution in [2.45, 2.75) is 44.6 Å². The molecule has 1 spiro atoms. The number of hydrogen-bond donors (Lipinski definition) is 0. The van der Waals surface area contributed by atoms with Crippen molar-refractivity contribution < 1.29 is 14.1 Å². The maximum absolute atomic E-state index is 12.5. The van der Waals surface area contributed by atoms with E-state index in [9.17, 15) is 9.59 Å². The SMILES string of the molecule is Cc1cc(C(=O)N2CCC[C@@]3(CCCC(=O)N3C)C2)no1. The molecule has 3 heterocycles. The number of carbonyl (C=O) groups is 2. The summed E-state index contributed by atoms with van der Waals surface area (Å²) in [4.78, 5) is 28.2. The molecule has 0 aliphatic carbocycles. The van der Waals surface area contributed by atoms with E-state index in [0.717, 1.165) is 25.7 Å². The first-order valence-corrected chi connectivity index (χ1v) is 7.51. The molecule has 0 radical (unpaired) electrons. The maximum Gasteiger partial charge on any atom is 0.276 e. The third-order valence-electron chi connectivity index (χ3n) is 4.81. The van der Waals surface area contributed by atoms with Gasteiger partial charge in [-0.1, -0.05) is 5.16 Å². The van der Waals surface area contributed by atoms with Crippen LogP contribution in [0.5, 0.6) is 0 Å². The van der Waals surface area contributed by atoms with E-state index in [2.05, 4.69) is 5.16 Å². The largest absolute Gasteiger partial charge is 0.361 e. The lowest BCUT2D eigenvalue weighted by molar-refractivity contribution is -0.142. The Balaban J connectivity index is 1.79. The predicted octanol–water partition coefficient (Wildman–Crippen LogP) is 1.60. The minimum absolute atomic E-state index is 0.0997. The summed E-state index contributed by atoms with van der Waals surface area (Å²) in [6.45, 7) is 3.09. The molecule has 2 amide bonds. The van der Waals surface area contributed by atoms with Crippen LogP contribution in [0, 0.1) is 6.92 Å². The predicted molar refractivity (Wildman–Crippen MR) is 75.7 cm³/mol. The van der Waals surface area contributed by atoms with Gasteiger partial charge in [-0.2, -0.15) is 0 Å². The molecule has 0 saturated carbocycles. The number of likely N-dealkylation sites (tertiary alicyclic amines) is 2. The van der Waals surface area contributed by atoms with Gasteiger partial charge >= 0.3 is 0 Å². The number of aromatic nitrogens is 1. The van der Waals surface area contributed by atoms with Crippen LogP contribution in [-0.2, 0) is 4.79 Å². The van der Waals surface area contributed by atoms with Gasteiger partial charge in [0.15, 0.2) is 5.69 Å². The third kappa shape index (κ3) is 2.43. The fourth-order valence-electron chi connectivity index (χ4n) is 3.56. The number of carbonyl (C=O) groups excluding carboxylic acids is 2. The van der Waals surface area contributed by atoms with Crippen molar-refractivity contribution >= 4 is 11.8 Å². The minimum atomic E-state index is -0.192. The van der Waals surface area contributed by atoms with Crippen molar-refractivity contribution in [1.82, 2.24) is 15.0 Å². The molecular formula is C15H21N3O3. The van der Waals surface area contributed by atoms with Gasteiger partial charge in [0.2, 0.25) is 5.91 Å². The van der Waals surface area contributed by atoms with Crippen molar-refractivity contribution in [1.29, 1.82) is 0 Å². The van der Waals surface area contributed by atoms with Crippen LogP contribution in [0.15, 0.2) is 10.6 Å². The first-order chi connectivity index (χ1) is 10.0. The van der Waals surface area contributed by atoms with Gasteiger partial charge in [0.1, 0.15) is 5.76 Å². The normalized spacial score (nSPS) is 26.5. The second-order valence-electron chi connectivity index (χ2n) is 6.18. The first kappa shape index (κ1) is 14.1. The number of likely N-dealkylation sites (N-methyl/N-ethyl adjacent to an activating group) is 1. The van der Waals surface area contributed by atoms with Gasteiger partial charge in [-0.15, -0.1) is 0 Å². The Labute approximate surface area is 124 Å². The van der Waals surface area contributed by atoms with E-state index in [1.165, 1.54) is 0 Å². The van der Waals surface area contributed by atoms with Crippen LogP contribution < -0.4 is 0 Å². The van der Waals surface area contributed by atoms with Crippen LogP contribution in [0.2, 0.25) is 0 Å². The lowest BCUT2D eigenvalue weighted by Gasteiger charge is -2.50. The van der Waals surface area contributed by atoms with Gasteiger partial charge < -0.3 is 14.3 Å². The Morgan fingerprint density at radius 3 is 2.86 bits per heavy atom. The van der Waals surface area contributed by atoms with Crippen molar-refractivity contribution in [3.05, 3.63) is 17.5 Å². The number of piperidine rings is 2. The zero-order valence-corrected chi connectivity index (χ0v) is 12.6. The van der Waals surface area contributed by atoms with Crippen LogP contribution in [0.3, 0.4) is 0 Å². The van der Waals surface area contributed by atoms with Crippen LogP contribution in [0.4, 0.5) is 0 Å². The third-order valence-corrected chi connectivity index (χ3v) is 4.81. The van der Waals surface area contributed by atoms with Crippen LogP contribution in [0.1, 0.15) is 48.4 Å². The van der Waals surface area contributed by atoms with E-state index in [1.807, 2.05) is 16.8 Å². The molecule has 6 heteroatoms. The summed E-state index contributed by atoms with van der Waals surface area (Å²) in [5.41, 5.74) is 0.163. The highest BCUT2D eigenvalue weighted by atomic mass is 16.5. The number of aryl methyl sites for hydroxylation is 1. The summed E-state index contributed by atoms with van der Waals surface area (Å²) < 4.78 is 4.99. The summed E-state index contributed by atoms with van der Waals surface area (Å²) in [7, 11) is 1.87. The van der Waals surface area contributed by atoms with Gasteiger partial charge in [-0.05, 0) is 32.6 Å². The number of amides is 2. The molecule has 2 aliphatic heterocycles. The molecule has 0 bridgehead atoms. The van der Waals surface area contributed by atoms with E-state index >= 15 is 0 Å². The highest BCUT2D eigenvalue weighted by Crippen LogP contribution is 2.35. The fourth-order valence-corrected chi connectivity index (χ4v) is 3.56. The smallest absolute Gasteiger partial charge is 0.276 e. The average Bonchev–Trinajstić information content (AvgIpc) is 2.91. The lowest BCUT2D eigenvalue weighted by atomic mass is 9.80. The number of nitrogens with zero attached hydrogens (tertiary/aromatic N) is 3. The quantitative estimate of drug-likeness (QED) is 0.788. The van der Waals surface area contributed by atoms with Gasteiger partial charge in [-0.3, -0.25) is 9.59 Å². The molecule has 0 unspecified atom stereocenters. The summed E-state index contributed by atoms with van der Waals surface area (Å²) in [6, 6.07) is 1.67. The Bertz CT molecular complexity index is 564. The van der Waals surface area contributed by atoms with Gasteiger partial charge in [-0.25, -0.2) is 0 Å². The molecule has 21 heavy (non-hydrogen) atoms. The van der Waals surface area contributed by atoms with E-state index < -0.39 is 0 Å². The van der Waals surface area contributed by atoms with E-state index in [4.69, 9.17) is 4.52 Å². The molecule has 0 N–H and O–H groups in total. The van der Waals surface area contributed by atoms with Crippen molar-refractivity contribution in [2.24, 2.45) is 0 Å². The van der Waals surface area contributed by atoms with Crippen molar-refractivity contribution in [3.8, 4) is 0 Å².